The number of hydrogen-bond acceptors (Lipinski definition) is 16. The van der Waals surface area contributed by atoms with E-state index in [0.717, 1.165) is 0 Å². The summed E-state index contributed by atoms with van der Waals surface area (Å²) in [6, 6.07) is 0. The van der Waals surface area contributed by atoms with Gasteiger partial charge in [-0.2, -0.15) is 0 Å². The molecule has 0 aromatic heterocycles. The Hall–Kier alpha value is 0.279. The van der Waals surface area contributed by atoms with E-state index in [0.29, 0.717) is 51.4 Å². The van der Waals surface area contributed by atoms with Crippen LogP contribution in [0.4, 0.5) is 0 Å². The van der Waals surface area contributed by atoms with Crippen molar-refractivity contribution in [1.82, 2.24) is 0 Å². The van der Waals surface area contributed by atoms with Crippen LogP contribution in [-0.2, 0) is 40.5 Å². The summed E-state index contributed by atoms with van der Waals surface area (Å²) in [5.74, 6) is -2.66. The first-order valence-corrected chi connectivity index (χ1v) is 18.6. The van der Waals surface area contributed by atoms with Gasteiger partial charge in [0.25, 0.3) is 0 Å². The number of hydrogen-bond donors (Lipinski definition) is 4. The summed E-state index contributed by atoms with van der Waals surface area (Å²) in [6.07, 6.45) is 0.187. The summed E-state index contributed by atoms with van der Waals surface area (Å²) in [5.41, 5.74) is 0. The van der Waals surface area contributed by atoms with Gasteiger partial charge < -0.3 is 38.6 Å². The monoisotopic (exact) mass is 788 g/mol. The van der Waals surface area contributed by atoms with Crippen LogP contribution in [0.5, 0.6) is 0 Å². The molecule has 248 valence electrons. The van der Waals surface area contributed by atoms with Crippen LogP contribution in [0.2, 0.25) is 0 Å². The minimum atomic E-state index is -4.25. The van der Waals surface area contributed by atoms with Crippen molar-refractivity contribution in [1.29, 1.82) is 0 Å². The van der Waals surface area contributed by atoms with Crippen LogP contribution >= 0.6 is 0 Å². The maximum absolute atomic E-state index is 10.0. The first-order valence-electron chi connectivity index (χ1n) is 12.3. The Morgan fingerprint density at radius 2 is 0.537 bits per heavy atom. The fraction of sp³-hybridized carbons (Fsp3) is 1.00. The van der Waals surface area contributed by atoms with Gasteiger partial charge in [0, 0.05) is 0 Å². The van der Waals surface area contributed by atoms with Gasteiger partial charge in [-0.15, -0.1) is 0 Å². The molecule has 0 aliphatic carbocycles. The van der Waals surface area contributed by atoms with E-state index in [9.17, 15) is 51.9 Å². The van der Waals surface area contributed by atoms with Gasteiger partial charge in [0.1, 0.15) is 0 Å². The van der Waals surface area contributed by atoms with E-state index in [2.05, 4.69) is 0 Å². The molecular formula is C20H44O16S4Sn. The fourth-order valence-corrected chi connectivity index (χ4v) is 5.16. The predicted molar refractivity (Wildman–Crippen MR) is 148 cm³/mol. The molecule has 0 radical (unpaired) electrons. The second-order valence-corrected chi connectivity index (χ2v) is 14.5. The maximum atomic E-state index is 10.0. The van der Waals surface area contributed by atoms with Crippen LogP contribution in [0.1, 0.15) is 79.1 Å². The zero-order valence-electron chi connectivity index (χ0n) is 23.6. The average molecular weight is 788 g/mol. The van der Waals surface area contributed by atoms with Gasteiger partial charge in [-0.25, -0.2) is 33.7 Å². The summed E-state index contributed by atoms with van der Waals surface area (Å²) >= 11 is 0. The maximum Gasteiger partial charge on any atom is 4.00 e. The average Bonchev–Trinajstić information content (AvgIpc) is 2.64. The molecule has 0 saturated heterocycles. The molecule has 0 saturated carbocycles. The van der Waals surface area contributed by atoms with Crippen LogP contribution in [0.3, 0.4) is 0 Å². The topological polar surface area (TPSA) is 310 Å². The van der Waals surface area contributed by atoms with Crippen molar-refractivity contribution < 1.29 is 72.3 Å². The third kappa shape index (κ3) is 56.6. The van der Waals surface area contributed by atoms with E-state index in [1.54, 1.807) is 27.7 Å². The smallest absolute Gasteiger partial charge is 0.748 e. The third-order valence-electron chi connectivity index (χ3n) is 4.07. The molecule has 4 atom stereocenters. The molecule has 0 rings (SSSR count). The molecular weight excluding hydrogens is 743 g/mol. The minimum absolute atomic E-state index is 0. The predicted octanol–water partition coefficient (Wildman–Crippen LogP) is -1.61. The molecule has 0 bridgehead atoms. The summed E-state index contributed by atoms with van der Waals surface area (Å²) in [6.45, 7) is 7.22. The van der Waals surface area contributed by atoms with Crippen molar-refractivity contribution in [2.24, 2.45) is 0 Å². The summed E-state index contributed by atoms with van der Waals surface area (Å²) in [4.78, 5) is 0. The molecule has 0 aromatic carbocycles. The quantitative estimate of drug-likeness (QED) is 0.101. The van der Waals surface area contributed by atoms with Crippen LogP contribution < -0.4 is 0 Å². The molecule has 0 spiro atoms. The largest absolute Gasteiger partial charge is 4.00 e. The summed E-state index contributed by atoms with van der Waals surface area (Å²) in [5, 5.41) is 35.2. The zero-order chi connectivity index (χ0) is 32.8. The van der Waals surface area contributed by atoms with Crippen molar-refractivity contribution >= 4 is 64.4 Å². The number of aliphatic hydroxyl groups is 4. The van der Waals surface area contributed by atoms with Crippen LogP contribution in [0.25, 0.3) is 0 Å². The van der Waals surface area contributed by atoms with Crippen LogP contribution in [0, 0.1) is 0 Å². The van der Waals surface area contributed by atoms with Gasteiger partial charge in [-0.3, -0.25) is 0 Å². The normalized spacial score (nSPS) is 14.7. The zero-order valence-corrected chi connectivity index (χ0v) is 29.7. The Kier molecular flexibility index (Phi) is 33.1. The van der Waals surface area contributed by atoms with Gasteiger partial charge in [0.2, 0.25) is 0 Å². The van der Waals surface area contributed by atoms with E-state index >= 15 is 0 Å². The Morgan fingerprint density at radius 1 is 0.415 bits per heavy atom. The molecule has 41 heavy (non-hydrogen) atoms. The van der Waals surface area contributed by atoms with E-state index < -0.39 is 87.9 Å². The van der Waals surface area contributed by atoms with E-state index in [-0.39, 0.29) is 23.9 Å². The number of rotatable bonds is 16. The Bertz CT molecular complexity index is 863. The molecule has 4 unspecified atom stereocenters. The molecule has 21 heteroatoms. The van der Waals surface area contributed by atoms with Gasteiger partial charge in [-0.1, -0.05) is 53.4 Å². The first kappa shape index (κ1) is 50.9. The van der Waals surface area contributed by atoms with Crippen LogP contribution in [0.15, 0.2) is 0 Å². The summed E-state index contributed by atoms with van der Waals surface area (Å²) in [7, 11) is -17.0. The molecule has 0 aliphatic rings. The Morgan fingerprint density at radius 3 is 0.610 bits per heavy atom. The molecule has 0 heterocycles. The molecule has 16 nitrogen and oxygen atoms in total. The third-order valence-corrected chi connectivity index (χ3v) is 7.25. The van der Waals surface area contributed by atoms with Gasteiger partial charge in [0.15, 0.2) is 0 Å². The van der Waals surface area contributed by atoms with Gasteiger partial charge in [0.05, 0.1) is 87.9 Å². The Labute approximate surface area is 261 Å². The standard InChI is InChI=1S/4C5H12O4S.Sn/c4*1-2-3-5(6)4-10(7,8)9;/h4*5-6H,2-4H2,1H3,(H,7,8,9);/q;;;;+4/p-4. The minimum Gasteiger partial charge on any atom is -0.748 e. The van der Waals surface area contributed by atoms with Crippen molar-refractivity contribution in [2.75, 3.05) is 23.0 Å². The second-order valence-electron chi connectivity index (χ2n) is 8.67. The van der Waals surface area contributed by atoms with Crippen LogP contribution in [-0.4, -0.2) is 144 Å². The summed E-state index contributed by atoms with van der Waals surface area (Å²) < 4.78 is 120. The van der Waals surface area contributed by atoms with Crippen molar-refractivity contribution in [3.63, 3.8) is 0 Å². The second kappa shape index (κ2) is 26.7. The molecule has 4 N–H and O–H groups in total. The van der Waals surface area contributed by atoms with E-state index in [1.807, 2.05) is 0 Å². The van der Waals surface area contributed by atoms with E-state index in [4.69, 9.17) is 20.4 Å². The van der Waals surface area contributed by atoms with E-state index in [1.165, 1.54) is 0 Å². The SMILES string of the molecule is CCCC(O)CS(=O)(=O)[O-].CCCC(O)CS(=O)(=O)[O-].CCCC(O)CS(=O)(=O)[O-].CCCC(O)CS(=O)(=O)[O-].[Sn+4]. The van der Waals surface area contributed by atoms with Gasteiger partial charge >= 0.3 is 23.9 Å². The van der Waals surface area contributed by atoms with Crippen molar-refractivity contribution in [3.8, 4) is 0 Å². The van der Waals surface area contributed by atoms with Crippen molar-refractivity contribution in [3.05, 3.63) is 0 Å². The molecule has 0 aliphatic heterocycles. The number of aliphatic hydroxyl groups excluding tert-OH is 4. The Balaban J connectivity index is -0.000000139. The van der Waals surface area contributed by atoms with Gasteiger partial charge in [-0.05, 0) is 25.7 Å². The van der Waals surface area contributed by atoms with Crippen molar-refractivity contribution in [2.45, 2.75) is 103 Å². The fourth-order valence-electron chi connectivity index (χ4n) is 2.61. The molecule has 0 aromatic rings. The molecule has 0 fully saturated rings. The molecule has 0 amide bonds. The first-order chi connectivity index (χ1) is 17.8.